The minimum atomic E-state index is -0.264. The average molecular weight is 301 g/mol. The zero-order chi connectivity index (χ0) is 15.4. The number of hydrogen-bond acceptors (Lipinski definition) is 3. The third-order valence-electron chi connectivity index (χ3n) is 4.09. The van der Waals surface area contributed by atoms with Crippen LogP contribution in [0.3, 0.4) is 0 Å². The van der Waals surface area contributed by atoms with Crippen LogP contribution in [0.2, 0.25) is 0 Å². The maximum atomic E-state index is 12.2. The van der Waals surface area contributed by atoms with Crippen molar-refractivity contribution in [3.63, 3.8) is 0 Å². The number of amides is 1. The summed E-state index contributed by atoms with van der Waals surface area (Å²) in [6.07, 6.45) is 5.21. The van der Waals surface area contributed by atoms with Gasteiger partial charge in [0.05, 0.1) is 17.4 Å². The first-order chi connectivity index (χ1) is 10.8. The van der Waals surface area contributed by atoms with E-state index in [9.17, 15) is 4.79 Å². The number of ether oxygens (including phenoxy) is 1. The molecule has 1 aliphatic rings. The van der Waals surface area contributed by atoms with Crippen LogP contribution in [-0.2, 0) is 9.53 Å². The number of fused-ring (bicyclic) bond motifs is 1. The summed E-state index contributed by atoms with van der Waals surface area (Å²) in [4.78, 5) is 16.6. The van der Waals surface area contributed by atoms with Gasteiger partial charge in [-0.3, -0.25) is 4.79 Å². The molecule has 1 aromatic carbocycles. The van der Waals surface area contributed by atoms with E-state index in [1.165, 1.54) is 12.8 Å². The van der Waals surface area contributed by atoms with Gasteiger partial charge in [-0.1, -0.05) is 12.1 Å². The van der Waals surface area contributed by atoms with Gasteiger partial charge in [0.25, 0.3) is 0 Å². The van der Waals surface area contributed by atoms with E-state index in [4.69, 9.17) is 4.74 Å². The van der Waals surface area contributed by atoms with Crippen molar-refractivity contribution >= 4 is 16.9 Å². The van der Waals surface area contributed by atoms with Crippen molar-refractivity contribution < 1.29 is 9.53 Å². The molecule has 5 nitrogen and oxygen atoms in total. The number of imidazole rings is 1. The van der Waals surface area contributed by atoms with Crippen molar-refractivity contribution in [2.75, 3.05) is 19.8 Å². The predicted molar refractivity (Wildman–Crippen MR) is 85.6 cm³/mol. The molecule has 3 rings (SSSR count). The van der Waals surface area contributed by atoms with E-state index < -0.39 is 0 Å². The van der Waals surface area contributed by atoms with Gasteiger partial charge in [0.1, 0.15) is 6.04 Å². The van der Waals surface area contributed by atoms with Crippen LogP contribution in [0.4, 0.5) is 0 Å². The summed E-state index contributed by atoms with van der Waals surface area (Å²) >= 11 is 0. The quantitative estimate of drug-likeness (QED) is 0.762. The van der Waals surface area contributed by atoms with Crippen LogP contribution < -0.4 is 5.32 Å². The second-order valence-electron chi connectivity index (χ2n) is 5.98. The molecular weight excluding hydrogens is 278 g/mol. The lowest BCUT2D eigenvalue weighted by atomic mass is 10.2. The highest BCUT2D eigenvalue weighted by Crippen LogP contribution is 2.28. The van der Waals surface area contributed by atoms with E-state index >= 15 is 0 Å². The molecule has 5 heteroatoms. The fourth-order valence-corrected chi connectivity index (χ4v) is 2.48. The standard InChI is InChI=1S/C17H23N3O2/c1-13(20-12-19-15-5-2-3-6-16(15)20)17(21)18-9-4-10-22-11-14-7-8-14/h2-3,5-6,12-14H,4,7-11H2,1H3,(H,18,21). The lowest BCUT2D eigenvalue weighted by Crippen LogP contribution is -2.32. The Hall–Kier alpha value is -1.88. The topological polar surface area (TPSA) is 56.1 Å². The molecule has 1 unspecified atom stereocenters. The van der Waals surface area contributed by atoms with E-state index in [2.05, 4.69) is 10.3 Å². The van der Waals surface area contributed by atoms with Crippen LogP contribution >= 0.6 is 0 Å². The highest BCUT2D eigenvalue weighted by Gasteiger charge is 2.21. The Morgan fingerprint density at radius 3 is 3.09 bits per heavy atom. The van der Waals surface area contributed by atoms with Gasteiger partial charge < -0.3 is 14.6 Å². The molecule has 22 heavy (non-hydrogen) atoms. The number of nitrogens with one attached hydrogen (secondary N) is 1. The summed E-state index contributed by atoms with van der Waals surface area (Å²) in [5.74, 6) is 0.814. The summed E-state index contributed by atoms with van der Waals surface area (Å²) < 4.78 is 7.47. The molecule has 1 amide bonds. The number of rotatable bonds is 8. The highest BCUT2D eigenvalue weighted by molar-refractivity contribution is 5.83. The molecule has 1 atom stereocenters. The Bertz CT molecular complexity index is 634. The Labute approximate surface area is 130 Å². The predicted octanol–water partition coefficient (Wildman–Crippen LogP) is 2.53. The van der Waals surface area contributed by atoms with Crippen LogP contribution in [0.15, 0.2) is 30.6 Å². The third-order valence-corrected chi connectivity index (χ3v) is 4.09. The van der Waals surface area contributed by atoms with Gasteiger partial charge in [-0.2, -0.15) is 0 Å². The first-order valence-corrected chi connectivity index (χ1v) is 8.02. The number of hydrogen-bond donors (Lipinski definition) is 1. The number of nitrogens with zero attached hydrogens (tertiary/aromatic N) is 2. The van der Waals surface area contributed by atoms with Crippen molar-refractivity contribution in [3.8, 4) is 0 Å². The van der Waals surface area contributed by atoms with Gasteiger partial charge in [-0.05, 0) is 44.2 Å². The smallest absolute Gasteiger partial charge is 0.242 e. The molecule has 118 valence electrons. The van der Waals surface area contributed by atoms with Gasteiger partial charge in [-0.15, -0.1) is 0 Å². The molecule has 1 heterocycles. The first kappa shape index (κ1) is 15.0. The summed E-state index contributed by atoms with van der Waals surface area (Å²) in [5, 5.41) is 2.97. The van der Waals surface area contributed by atoms with Crippen LogP contribution in [0.25, 0.3) is 11.0 Å². The summed E-state index contributed by atoms with van der Waals surface area (Å²) in [5.41, 5.74) is 1.90. The maximum Gasteiger partial charge on any atom is 0.242 e. The Morgan fingerprint density at radius 2 is 2.27 bits per heavy atom. The molecule has 1 aliphatic carbocycles. The largest absolute Gasteiger partial charge is 0.381 e. The normalized spacial score (nSPS) is 15.9. The molecule has 1 fully saturated rings. The number of carbonyl (C=O) groups is 1. The molecule has 0 spiro atoms. The summed E-state index contributed by atoms with van der Waals surface area (Å²) in [6.45, 7) is 4.15. The van der Waals surface area contributed by atoms with E-state index in [1.807, 2.05) is 35.8 Å². The van der Waals surface area contributed by atoms with Gasteiger partial charge in [0.15, 0.2) is 0 Å². The lowest BCUT2D eigenvalue weighted by molar-refractivity contribution is -0.123. The Balaban J connectivity index is 1.44. The molecular formula is C17H23N3O2. The molecule has 1 aromatic heterocycles. The SMILES string of the molecule is CC(C(=O)NCCCOCC1CC1)n1cnc2ccccc21. The molecule has 1 saturated carbocycles. The van der Waals surface area contributed by atoms with E-state index in [-0.39, 0.29) is 11.9 Å². The highest BCUT2D eigenvalue weighted by atomic mass is 16.5. The molecule has 0 radical (unpaired) electrons. The average Bonchev–Trinajstić information content (AvgIpc) is 3.26. The van der Waals surface area contributed by atoms with Crippen molar-refractivity contribution in [1.29, 1.82) is 0 Å². The van der Waals surface area contributed by atoms with Crippen LogP contribution in [0, 0.1) is 5.92 Å². The van der Waals surface area contributed by atoms with Gasteiger partial charge in [0.2, 0.25) is 5.91 Å². The molecule has 1 N–H and O–H groups in total. The van der Waals surface area contributed by atoms with Crippen molar-refractivity contribution in [2.24, 2.45) is 5.92 Å². The van der Waals surface area contributed by atoms with Crippen LogP contribution in [-0.4, -0.2) is 35.2 Å². The van der Waals surface area contributed by atoms with Crippen molar-refractivity contribution in [1.82, 2.24) is 14.9 Å². The second-order valence-corrected chi connectivity index (χ2v) is 5.98. The molecule has 0 saturated heterocycles. The first-order valence-electron chi connectivity index (χ1n) is 8.02. The number of para-hydroxylation sites is 2. The minimum Gasteiger partial charge on any atom is -0.381 e. The lowest BCUT2D eigenvalue weighted by Gasteiger charge is -2.14. The fraction of sp³-hybridized carbons (Fsp3) is 0.529. The van der Waals surface area contributed by atoms with Gasteiger partial charge >= 0.3 is 0 Å². The van der Waals surface area contributed by atoms with Crippen molar-refractivity contribution in [3.05, 3.63) is 30.6 Å². The monoisotopic (exact) mass is 301 g/mol. The summed E-state index contributed by atoms with van der Waals surface area (Å²) in [7, 11) is 0. The zero-order valence-electron chi connectivity index (χ0n) is 13.0. The second kappa shape index (κ2) is 6.92. The Morgan fingerprint density at radius 1 is 1.45 bits per heavy atom. The number of carbonyl (C=O) groups excluding carboxylic acids is 1. The molecule has 0 bridgehead atoms. The van der Waals surface area contributed by atoms with E-state index in [1.54, 1.807) is 6.33 Å². The van der Waals surface area contributed by atoms with Crippen LogP contribution in [0.1, 0.15) is 32.2 Å². The number of aromatic nitrogens is 2. The van der Waals surface area contributed by atoms with Gasteiger partial charge in [0, 0.05) is 19.8 Å². The Kier molecular flexibility index (Phi) is 4.73. The van der Waals surface area contributed by atoms with E-state index in [0.717, 1.165) is 36.6 Å². The van der Waals surface area contributed by atoms with E-state index in [0.29, 0.717) is 6.54 Å². The molecule has 2 aromatic rings. The fourth-order valence-electron chi connectivity index (χ4n) is 2.48. The van der Waals surface area contributed by atoms with Gasteiger partial charge in [-0.25, -0.2) is 4.98 Å². The number of benzene rings is 1. The third kappa shape index (κ3) is 3.65. The maximum absolute atomic E-state index is 12.2. The summed E-state index contributed by atoms with van der Waals surface area (Å²) in [6, 6.07) is 7.58. The molecule has 0 aliphatic heterocycles. The zero-order valence-corrected chi connectivity index (χ0v) is 13.0. The van der Waals surface area contributed by atoms with Crippen molar-refractivity contribution in [2.45, 2.75) is 32.2 Å². The van der Waals surface area contributed by atoms with Crippen LogP contribution in [0.5, 0.6) is 0 Å². The minimum absolute atomic E-state index is 0.0188.